The van der Waals surface area contributed by atoms with Gasteiger partial charge in [-0.15, -0.1) is 0 Å². The van der Waals surface area contributed by atoms with Gasteiger partial charge in [0.1, 0.15) is 0 Å². The molecule has 0 saturated carbocycles. The maximum Gasteiger partial charge on any atom is 0.255 e. The molecule has 0 spiro atoms. The van der Waals surface area contributed by atoms with E-state index in [9.17, 15) is 9.59 Å². The van der Waals surface area contributed by atoms with E-state index in [1.54, 1.807) is 18.2 Å². The number of aryl methyl sites for hydroxylation is 1. The number of carbonyl (C=O) groups is 2. The molecule has 0 unspecified atom stereocenters. The lowest BCUT2D eigenvalue weighted by Crippen LogP contribution is -2.16. The molecule has 0 aliphatic heterocycles. The normalized spacial score (nSPS) is 11.1. The first kappa shape index (κ1) is 16.7. The van der Waals surface area contributed by atoms with Crippen LogP contribution in [0.3, 0.4) is 0 Å². The van der Waals surface area contributed by atoms with Gasteiger partial charge in [0.2, 0.25) is 5.91 Å². The Labute approximate surface area is 136 Å². The highest BCUT2D eigenvalue weighted by atomic mass is 16.2. The monoisotopic (exact) mass is 310 g/mol. The largest absolute Gasteiger partial charge is 0.366 e. The molecule has 0 fully saturated rings. The molecule has 0 bridgehead atoms. The molecule has 0 heterocycles. The Morgan fingerprint density at radius 3 is 2.04 bits per heavy atom. The Bertz CT molecular complexity index is 741. The number of primary amides is 1. The number of rotatable bonds is 3. The molecule has 3 N–H and O–H groups in total. The second-order valence-electron chi connectivity index (χ2n) is 6.68. The van der Waals surface area contributed by atoms with E-state index in [-0.39, 0.29) is 11.3 Å². The minimum Gasteiger partial charge on any atom is -0.366 e. The minimum absolute atomic E-state index is 0.0431. The number of nitrogens with two attached hydrogens (primary N) is 1. The van der Waals surface area contributed by atoms with Crippen LogP contribution in [0.4, 0.5) is 5.69 Å². The van der Waals surface area contributed by atoms with Gasteiger partial charge in [0.05, 0.1) is 0 Å². The molecule has 0 aliphatic carbocycles. The van der Waals surface area contributed by atoms with Crippen LogP contribution in [-0.4, -0.2) is 11.8 Å². The van der Waals surface area contributed by atoms with E-state index in [1.807, 2.05) is 31.2 Å². The molecule has 0 aliphatic rings. The first-order chi connectivity index (χ1) is 10.7. The second-order valence-corrected chi connectivity index (χ2v) is 6.68. The fourth-order valence-corrected chi connectivity index (χ4v) is 2.23. The Kier molecular flexibility index (Phi) is 4.55. The highest BCUT2D eigenvalue weighted by Crippen LogP contribution is 2.23. The minimum atomic E-state index is -0.518. The zero-order valence-corrected chi connectivity index (χ0v) is 13.9. The van der Waals surface area contributed by atoms with Crippen molar-refractivity contribution in [2.24, 2.45) is 5.73 Å². The van der Waals surface area contributed by atoms with Gasteiger partial charge in [-0.25, -0.2) is 0 Å². The molecule has 2 aromatic rings. The summed E-state index contributed by atoms with van der Waals surface area (Å²) in [5.74, 6) is -0.731. The van der Waals surface area contributed by atoms with Crippen molar-refractivity contribution in [3.8, 4) is 0 Å². The molecule has 0 atom stereocenters. The number of anilines is 1. The van der Waals surface area contributed by atoms with Crippen molar-refractivity contribution in [1.82, 2.24) is 0 Å². The molecule has 4 heteroatoms. The van der Waals surface area contributed by atoms with Crippen molar-refractivity contribution in [3.05, 3.63) is 64.7 Å². The van der Waals surface area contributed by atoms with Crippen LogP contribution in [0, 0.1) is 6.92 Å². The average Bonchev–Trinajstić information content (AvgIpc) is 2.48. The SMILES string of the molecule is Cc1ccc(C(N)=O)cc1NC(=O)c1ccc(C(C)(C)C)cc1. The van der Waals surface area contributed by atoms with Crippen LogP contribution >= 0.6 is 0 Å². The van der Waals surface area contributed by atoms with E-state index in [0.717, 1.165) is 5.56 Å². The predicted octanol–water partition coefficient (Wildman–Crippen LogP) is 3.64. The summed E-state index contributed by atoms with van der Waals surface area (Å²) in [6.45, 7) is 8.24. The molecule has 23 heavy (non-hydrogen) atoms. The fraction of sp³-hybridized carbons (Fsp3) is 0.263. The molecular formula is C19H22N2O2. The third kappa shape index (κ3) is 3.97. The Hall–Kier alpha value is -2.62. The van der Waals surface area contributed by atoms with Crippen molar-refractivity contribution in [2.45, 2.75) is 33.1 Å². The Morgan fingerprint density at radius 2 is 1.52 bits per heavy atom. The summed E-state index contributed by atoms with van der Waals surface area (Å²) in [5.41, 5.74) is 8.89. The van der Waals surface area contributed by atoms with Gasteiger partial charge < -0.3 is 11.1 Å². The summed E-state index contributed by atoms with van der Waals surface area (Å²) < 4.78 is 0. The highest BCUT2D eigenvalue weighted by molar-refractivity contribution is 6.05. The molecule has 2 rings (SSSR count). The quantitative estimate of drug-likeness (QED) is 0.908. The van der Waals surface area contributed by atoms with E-state index in [2.05, 4.69) is 26.1 Å². The first-order valence-corrected chi connectivity index (χ1v) is 7.51. The Balaban J connectivity index is 2.22. The third-order valence-electron chi connectivity index (χ3n) is 3.78. The van der Waals surface area contributed by atoms with E-state index in [0.29, 0.717) is 16.8 Å². The van der Waals surface area contributed by atoms with Crippen LogP contribution in [0.2, 0.25) is 0 Å². The number of carbonyl (C=O) groups excluding carboxylic acids is 2. The lowest BCUT2D eigenvalue weighted by molar-refractivity contribution is 0.0996. The molecule has 2 amide bonds. The predicted molar refractivity (Wildman–Crippen MR) is 92.8 cm³/mol. The van der Waals surface area contributed by atoms with E-state index >= 15 is 0 Å². The third-order valence-corrected chi connectivity index (χ3v) is 3.78. The van der Waals surface area contributed by atoms with Gasteiger partial charge in [-0.1, -0.05) is 39.0 Å². The zero-order chi connectivity index (χ0) is 17.2. The van der Waals surface area contributed by atoms with Gasteiger partial charge in [0.25, 0.3) is 5.91 Å². The summed E-state index contributed by atoms with van der Waals surface area (Å²) in [5, 5.41) is 2.83. The van der Waals surface area contributed by atoms with Crippen LogP contribution in [-0.2, 0) is 5.41 Å². The highest BCUT2D eigenvalue weighted by Gasteiger charge is 2.15. The number of hydrogen-bond acceptors (Lipinski definition) is 2. The van der Waals surface area contributed by atoms with Gasteiger partial charge in [-0.05, 0) is 47.7 Å². The van der Waals surface area contributed by atoms with Crippen molar-refractivity contribution in [2.75, 3.05) is 5.32 Å². The zero-order valence-electron chi connectivity index (χ0n) is 13.9. The van der Waals surface area contributed by atoms with Crippen molar-refractivity contribution >= 4 is 17.5 Å². The summed E-state index contributed by atoms with van der Waals surface area (Å²) >= 11 is 0. The topological polar surface area (TPSA) is 72.2 Å². The van der Waals surface area contributed by atoms with Gasteiger partial charge in [-0.3, -0.25) is 9.59 Å². The molecule has 0 saturated heterocycles. The summed E-state index contributed by atoms with van der Waals surface area (Å²) in [4.78, 5) is 23.6. The van der Waals surface area contributed by atoms with Crippen LogP contribution in [0.1, 0.15) is 52.6 Å². The maximum atomic E-state index is 12.4. The Morgan fingerprint density at radius 1 is 0.957 bits per heavy atom. The molecule has 0 radical (unpaired) electrons. The van der Waals surface area contributed by atoms with Crippen LogP contribution in [0.25, 0.3) is 0 Å². The van der Waals surface area contributed by atoms with Gasteiger partial charge in [0.15, 0.2) is 0 Å². The molecule has 120 valence electrons. The number of hydrogen-bond donors (Lipinski definition) is 2. The molecule has 4 nitrogen and oxygen atoms in total. The molecule has 2 aromatic carbocycles. The lowest BCUT2D eigenvalue weighted by Gasteiger charge is -2.19. The van der Waals surface area contributed by atoms with Crippen LogP contribution < -0.4 is 11.1 Å². The maximum absolute atomic E-state index is 12.4. The summed E-state index contributed by atoms with van der Waals surface area (Å²) in [6.07, 6.45) is 0. The lowest BCUT2D eigenvalue weighted by atomic mass is 9.86. The van der Waals surface area contributed by atoms with Crippen molar-refractivity contribution < 1.29 is 9.59 Å². The number of benzene rings is 2. The van der Waals surface area contributed by atoms with Gasteiger partial charge in [0, 0.05) is 16.8 Å². The number of amides is 2. The van der Waals surface area contributed by atoms with E-state index in [1.165, 1.54) is 5.56 Å². The molecule has 0 aromatic heterocycles. The molecular weight excluding hydrogens is 288 g/mol. The van der Waals surface area contributed by atoms with E-state index in [4.69, 9.17) is 5.73 Å². The fourth-order valence-electron chi connectivity index (χ4n) is 2.23. The average molecular weight is 310 g/mol. The van der Waals surface area contributed by atoms with Gasteiger partial charge in [-0.2, -0.15) is 0 Å². The van der Waals surface area contributed by atoms with Crippen molar-refractivity contribution in [3.63, 3.8) is 0 Å². The van der Waals surface area contributed by atoms with Crippen LogP contribution in [0.15, 0.2) is 42.5 Å². The van der Waals surface area contributed by atoms with Crippen molar-refractivity contribution in [1.29, 1.82) is 0 Å². The smallest absolute Gasteiger partial charge is 0.255 e. The standard InChI is InChI=1S/C19H22N2O2/c1-12-5-6-14(17(20)22)11-16(12)21-18(23)13-7-9-15(10-8-13)19(2,3)4/h5-11H,1-4H3,(H2,20,22)(H,21,23). The number of nitrogens with one attached hydrogen (secondary N) is 1. The second kappa shape index (κ2) is 6.24. The van der Waals surface area contributed by atoms with Gasteiger partial charge >= 0.3 is 0 Å². The summed E-state index contributed by atoms with van der Waals surface area (Å²) in [7, 11) is 0. The summed E-state index contributed by atoms with van der Waals surface area (Å²) in [6, 6.07) is 12.5. The van der Waals surface area contributed by atoms with E-state index < -0.39 is 5.91 Å². The first-order valence-electron chi connectivity index (χ1n) is 7.51. The van der Waals surface area contributed by atoms with Crippen LogP contribution in [0.5, 0.6) is 0 Å².